The van der Waals surface area contributed by atoms with Gasteiger partial charge >= 0.3 is 0 Å². The van der Waals surface area contributed by atoms with Crippen LogP contribution in [0.5, 0.6) is 11.5 Å². The Bertz CT molecular complexity index is 1980. The van der Waals surface area contributed by atoms with Crippen LogP contribution < -0.4 is 20.2 Å². The number of rotatable bonds is 10. The van der Waals surface area contributed by atoms with Crippen LogP contribution in [-0.4, -0.2) is 24.2 Å². The van der Waals surface area contributed by atoms with Crippen LogP contribution in [0.25, 0.3) is 22.0 Å². The number of aryl methyl sites for hydroxylation is 1. The van der Waals surface area contributed by atoms with E-state index in [2.05, 4.69) is 58.1 Å². The fraction of sp³-hybridized carbons (Fsp3) is 0.0833. The zero-order chi connectivity index (χ0) is 31.2. The molecular weight excluding hydrogens is 604 g/mol. The molecule has 0 saturated carbocycles. The second-order valence-corrected chi connectivity index (χ2v) is 11.5. The maximum Gasteiger partial charge on any atom is 0.271 e. The van der Waals surface area contributed by atoms with E-state index in [1.54, 1.807) is 31.4 Å². The van der Waals surface area contributed by atoms with Crippen LogP contribution in [0.3, 0.4) is 0 Å². The summed E-state index contributed by atoms with van der Waals surface area (Å²) in [5.41, 5.74) is 8.64. The number of carbonyl (C=O) groups is 1. The van der Waals surface area contributed by atoms with Crippen LogP contribution in [0.1, 0.15) is 27.0 Å². The zero-order valence-corrected chi connectivity index (χ0v) is 26.2. The summed E-state index contributed by atoms with van der Waals surface area (Å²) < 4.78 is 11.7. The number of nitrogens with zero attached hydrogens (tertiary/aromatic N) is 2. The van der Waals surface area contributed by atoms with Crippen molar-refractivity contribution in [3.63, 3.8) is 0 Å². The van der Waals surface area contributed by atoms with Crippen molar-refractivity contribution in [2.75, 3.05) is 12.4 Å². The summed E-state index contributed by atoms with van der Waals surface area (Å²) in [4.78, 5) is 17.4. The van der Waals surface area contributed by atoms with Gasteiger partial charge in [0, 0.05) is 22.2 Å². The first kappa shape index (κ1) is 29.9. The van der Waals surface area contributed by atoms with E-state index in [0.29, 0.717) is 34.3 Å². The number of carbonyl (C=O) groups excluding carboxylic acids is 1. The number of hydrogen-bond acceptors (Lipinski definition) is 7. The molecule has 0 saturated heterocycles. The largest absolute Gasteiger partial charge is 0.493 e. The van der Waals surface area contributed by atoms with Gasteiger partial charge in [0.25, 0.3) is 5.91 Å². The number of aromatic nitrogens is 1. The number of amides is 1. The van der Waals surface area contributed by atoms with E-state index in [4.69, 9.17) is 21.1 Å². The number of ether oxygens (including phenoxy) is 2. The van der Waals surface area contributed by atoms with Crippen molar-refractivity contribution < 1.29 is 14.3 Å². The average molecular weight is 633 g/mol. The summed E-state index contributed by atoms with van der Waals surface area (Å²) >= 11 is 8.11. The third-order valence-electron chi connectivity index (χ3n) is 7.13. The lowest BCUT2D eigenvalue weighted by molar-refractivity contribution is 0.0955. The van der Waals surface area contributed by atoms with Crippen LogP contribution in [0, 0.1) is 6.92 Å². The average Bonchev–Trinajstić information content (AvgIpc) is 3.53. The molecule has 0 spiro atoms. The molecule has 0 fully saturated rings. The van der Waals surface area contributed by atoms with Gasteiger partial charge in [0.2, 0.25) is 0 Å². The first-order valence-corrected chi connectivity index (χ1v) is 15.4. The van der Waals surface area contributed by atoms with E-state index < -0.39 is 0 Å². The van der Waals surface area contributed by atoms with Crippen molar-refractivity contribution in [2.24, 2.45) is 5.10 Å². The third-order valence-corrected chi connectivity index (χ3v) is 8.17. The Labute approximate surface area is 270 Å². The summed E-state index contributed by atoms with van der Waals surface area (Å²) in [7, 11) is 1.55. The van der Waals surface area contributed by atoms with Gasteiger partial charge in [-0.25, -0.2) is 10.4 Å². The van der Waals surface area contributed by atoms with E-state index in [9.17, 15) is 4.79 Å². The fourth-order valence-electron chi connectivity index (χ4n) is 4.77. The Hall–Kier alpha value is -5.18. The highest BCUT2D eigenvalue weighted by Gasteiger charge is 2.13. The molecule has 1 heterocycles. The number of hydrogen-bond donors (Lipinski definition) is 2. The number of anilines is 2. The highest BCUT2D eigenvalue weighted by molar-refractivity contribution is 7.14. The van der Waals surface area contributed by atoms with Crippen LogP contribution in [0.4, 0.5) is 10.8 Å². The Morgan fingerprint density at radius 2 is 1.76 bits per heavy atom. The predicted octanol–water partition coefficient (Wildman–Crippen LogP) is 9.02. The highest BCUT2D eigenvalue weighted by Crippen LogP contribution is 2.37. The summed E-state index contributed by atoms with van der Waals surface area (Å²) in [6.07, 6.45) is 1.51. The Kier molecular flexibility index (Phi) is 9.05. The molecule has 9 heteroatoms. The molecule has 45 heavy (non-hydrogen) atoms. The first-order chi connectivity index (χ1) is 22.0. The summed E-state index contributed by atoms with van der Waals surface area (Å²) in [6, 6.07) is 33.1. The smallest absolute Gasteiger partial charge is 0.271 e. The standard InChI is InChI=1S/C36H29ClN4O3S/c1-23-10-16-29(17-11-23)39-36-40-32(22-45-36)26-12-14-27(15-13-26)35(42)41-38-20-24-18-31(37)34(33(19-24)43-2)44-21-28-8-5-7-25-6-3-4-9-30(25)28/h3-20,22H,21H2,1-2H3,(H,39,40)(H,41,42)/b38-20-. The molecule has 0 atom stereocenters. The number of hydrazone groups is 1. The molecular formula is C36H29ClN4O3S. The van der Waals surface area contributed by atoms with Gasteiger partial charge in [-0.05, 0) is 65.2 Å². The van der Waals surface area contributed by atoms with Gasteiger partial charge in [-0.3, -0.25) is 4.79 Å². The van der Waals surface area contributed by atoms with Gasteiger partial charge < -0.3 is 14.8 Å². The topological polar surface area (TPSA) is 84.8 Å². The Morgan fingerprint density at radius 3 is 2.56 bits per heavy atom. The van der Waals surface area contributed by atoms with E-state index in [1.807, 2.05) is 53.9 Å². The summed E-state index contributed by atoms with van der Waals surface area (Å²) in [5, 5.41) is 12.9. The minimum Gasteiger partial charge on any atom is -0.493 e. The molecule has 5 aromatic carbocycles. The van der Waals surface area contributed by atoms with Gasteiger partial charge in [0.1, 0.15) is 6.61 Å². The Morgan fingerprint density at radius 1 is 0.978 bits per heavy atom. The van der Waals surface area contributed by atoms with E-state index in [-0.39, 0.29) is 5.91 Å². The molecule has 1 aromatic heterocycles. The SMILES string of the molecule is COc1cc(/C=N\NC(=O)c2ccc(-c3csc(Nc4ccc(C)cc4)n3)cc2)cc(Cl)c1OCc1cccc2ccccc12. The number of benzene rings is 5. The second kappa shape index (κ2) is 13.6. The van der Waals surface area contributed by atoms with Crippen molar-refractivity contribution in [3.05, 3.63) is 136 Å². The number of halogens is 1. The van der Waals surface area contributed by atoms with Crippen molar-refractivity contribution in [1.82, 2.24) is 10.4 Å². The van der Waals surface area contributed by atoms with E-state index in [1.165, 1.54) is 23.1 Å². The molecule has 224 valence electrons. The molecule has 1 amide bonds. The quantitative estimate of drug-likeness (QED) is 0.116. The number of methoxy groups -OCH3 is 1. The maximum atomic E-state index is 12.8. The Balaban J connectivity index is 1.07. The minimum absolute atomic E-state index is 0.327. The van der Waals surface area contributed by atoms with Crippen molar-refractivity contribution >= 4 is 56.7 Å². The number of fused-ring (bicyclic) bond motifs is 1. The first-order valence-electron chi connectivity index (χ1n) is 14.2. The fourth-order valence-corrected chi connectivity index (χ4v) is 5.78. The zero-order valence-electron chi connectivity index (χ0n) is 24.6. The van der Waals surface area contributed by atoms with E-state index >= 15 is 0 Å². The molecule has 2 N–H and O–H groups in total. The monoisotopic (exact) mass is 632 g/mol. The molecule has 0 aliphatic heterocycles. The predicted molar refractivity (Wildman–Crippen MR) is 183 cm³/mol. The van der Waals surface area contributed by atoms with Crippen LogP contribution in [-0.2, 0) is 6.61 Å². The van der Waals surface area contributed by atoms with Crippen LogP contribution >= 0.6 is 22.9 Å². The lowest BCUT2D eigenvalue weighted by atomic mass is 10.1. The molecule has 0 unspecified atom stereocenters. The van der Waals surface area contributed by atoms with Gasteiger partial charge in [-0.2, -0.15) is 5.10 Å². The normalized spacial score (nSPS) is 11.1. The van der Waals surface area contributed by atoms with Crippen LogP contribution in [0.15, 0.2) is 114 Å². The molecule has 6 aromatic rings. The second-order valence-electron chi connectivity index (χ2n) is 10.3. The van der Waals surface area contributed by atoms with Crippen molar-refractivity contribution in [1.29, 1.82) is 0 Å². The molecule has 0 bridgehead atoms. The number of thiazole rings is 1. The minimum atomic E-state index is -0.342. The molecule has 0 aliphatic carbocycles. The summed E-state index contributed by atoms with van der Waals surface area (Å²) in [5.74, 6) is 0.558. The van der Waals surface area contributed by atoms with Gasteiger partial charge in [-0.1, -0.05) is 83.9 Å². The van der Waals surface area contributed by atoms with Gasteiger partial charge in [0.05, 0.1) is 24.0 Å². The van der Waals surface area contributed by atoms with Crippen molar-refractivity contribution in [2.45, 2.75) is 13.5 Å². The van der Waals surface area contributed by atoms with Crippen LogP contribution in [0.2, 0.25) is 5.02 Å². The lowest BCUT2D eigenvalue weighted by Gasteiger charge is -2.14. The summed E-state index contributed by atoms with van der Waals surface area (Å²) in [6.45, 7) is 2.38. The molecule has 6 rings (SSSR count). The van der Waals surface area contributed by atoms with Gasteiger partial charge in [0.15, 0.2) is 16.6 Å². The molecule has 0 aliphatic rings. The number of nitrogens with one attached hydrogen (secondary N) is 2. The molecule has 7 nitrogen and oxygen atoms in total. The van der Waals surface area contributed by atoms with Gasteiger partial charge in [-0.15, -0.1) is 11.3 Å². The molecule has 0 radical (unpaired) electrons. The van der Waals surface area contributed by atoms with E-state index in [0.717, 1.165) is 38.4 Å². The third kappa shape index (κ3) is 7.15. The van der Waals surface area contributed by atoms with Crippen molar-refractivity contribution in [3.8, 4) is 22.8 Å². The lowest BCUT2D eigenvalue weighted by Crippen LogP contribution is -2.17. The highest BCUT2D eigenvalue weighted by atomic mass is 35.5. The maximum absolute atomic E-state index is 12.8.